The van der Waals surface area contributed by atoms with E-state index in [1.54, 1.807) is 12.1 Å². The summed E-state index contributed by atoms with van der Waals surface area (Å²) in [6.07, 6.45) is 0. The Bertz CT molecular complexity index is 642. The largest absolute Gasteiger partial charge is 0.497 e. The van der Waals surface area contributed by atoms with Crippen molar-refractivity contribution in [2.24, 2.45) is 0 Å². The van der Waals surface area contributed by atoms with Gasteiger partial charge in [0.15, 0.2) is 0 Å². The summed E-state index contributed by atoms with van der Waals surface area (Å²) in [6.45, 7) is 2.23. The molecular weight excluding hydrogens is 255 g/mol. The van der Waals surface area contributed by atoms with Gasteiger partial charge < -0.3 is 10.5 Å². The molecule has 2 aromatic rings. The lowest BCUT2D eigenvalue weighted by Gasteiger charge is -2.15. The van der Waals surface area contributed by atoms with E-state index in [1.807, 2.05) is 12.1 Å². The molecular formula is C16H17FN2O. The molecule has 0 bridgehead atoms. The number of fused-ring (bicyclic) bond motifs is 1. The fourth-order valence-electron chi connectivity index (χ4n) is 2.62. The average molecular weight is 272 g/mol. The number of hydrogen-bond donors (Lipinski definition) is 1. The van der Waals surface area contributed by atoms with Crippen LogP contribution >= 0.6 is 0 Å². The molecule has 20 heavy (non-hydrogen) atoms. The third-order valence-corrected chi connectivity index (χ3v) is 3.67. The summed E-state index contributed by atoms with van der Waals surface area (Å²) in [6, 6.07) is 11.0. The minimum absolute atomic E-state index is 0.222. The third kappa shape index (κ3) is 2.47. The number of halogens is 1. The first kappa shape index (κ1) is 12.9. The number of hydrogen-bond acceptors (Lipinski definition) is 3. The quantitative estimate of drug-likeness (QED) is 0.873. The lowest BCUT2D eigenvalue weighted by Crippen LogP contribution is -2.16. The number of nitrogens with two attached hydrogens (primary N) is 1. The van der Waals surface area contributed by atoms with E-state index in [9.17, 15) is 4.39 Å². The van der Waals surface area contributed by atoms with Crippen LogP contribution in [0.4, 0.5) is 10.1 Å². The van der Waals surface area contributed by atoms with Gasteiger partial charge in [0.05, 0.1) is 7.11 Å². The molecule has 1 aliphatic heterocycles. The Morgan fingerprint density at radius 2 is 1.95 bits per heavy atom. The molecule has 1 aliphatic rings. The highest BCUT2D eigenvalue weighted by atomic mass is 19.1. The third-order valence-electron chi connectivity index (χ3n) is 3.67. The van der Waals surface area contributed by atoms with Crippen molar-refractivity contribution in [2.75, 3.05) is 12.8 Å². The van der Waals surface area contributed by atoms with Gasteiger partial charge in [0, 0.05) is 37.0 Å². The SMILES string of the molecule is COc1ccc(CN2Cc3ccc(N)cc3C2)c(F)c1. The van der Waals surface area contributed by atoms with E-state index in [4.69, 9.17) is 10.5 Å². The van der Waals surface area contributed by atoms with Crippen LogP contribution in [0.2, 0.25) is 0 Å². The standard InChI is InChI=1S/C16H17FN2O/c1-20-15-5-3-12(16(17)7-15)9-19-8-11-2-4-14(18)6-13(11)10-19/h2-7H,8-10,18H2,1H3. The van der Waals surface area contributed by atoms with E-state index < -0.39 is 0 Å². The molecule has 0 aromatic heterocycles. The zero-order chi connectivity index (χ0) is 14.1. The highest BCUT2D eigenvalue weighted by Gasteiger charge is 2.20. The maximum Gasteiger partial charge on any atom is 0.131 e. The van der Waals surface area contributed by atoms with Crippen LogP contribution < -0.4 is 10.5 Å². The number of benzene rings is 2. The second kappa shape index (κ2) is 5.13. The molecule has 0 atom stereocenters. The molecule has 3 rings (SSSR count). The Hall–Kier alpha value is -2.07. The van der Waals surface area contributed by atoms with Gasteiger partial charge in [-0.25, -0.2) is 4.39 Å². The van der Waals surface area contributed by atoms with Crippen molar-refractivity contribution >= 4 is 5.69 Å². The van der Waals surface area contributed by atoms with E-state index in [1.165, 1.54) is 24.3 Å². The van der Waals surface area contributed by atoms with E-state index in [2.05, 4.69) is 11.0 Å². The fraction of sp³-hybridized carbons (Fsp3) is 0.250. The highest BCUT2D eigenvalue weighted by molar-refractivity contribution is 5.46. The van der Waals surface area contributed by atoms with Gasteiger partial charge >= 0.3 is 0 Å². The van der Waals surface area contributed by atoms with E-state index >= 15 is 0 Å². The summed E-state index contributed by atoms with van der Waals surface area (Å²) in [5.41, 5.74) is 9.76. The van der Waals surface area contributed by atoms with Crippen LogP contribution in [0.25, 0.3) is 0 Å². The number of nitrogen functional groups attached to an aromatic ring is 1. The van der Waals surface area contributed by atoms with Crippen LogP contribution in [0.1, 0.15) is 16.7 Å². The van der Waals surface area contributed by atoms with Gasteiger partial charge in [-0.2, -0.15) is 0 Å². The van der Waals surface area contributed by atoms with Gasteiger partial charge in [-0.1, -0.05) is 12.1 Å². The van der Waals surface area contributed by atoms with Crippen LogP contribution in [0.5, 0.6) is 5.75 Å². The van der Waals surface area contributed by atoms with Crippen molar-refractivity contribution in [1.29, 1.82) is 0 Å². The van der Waals surface area contributed by atoms with Gasteiger partial charge in [-0.05, 0) is 29.3 Å². The van der Waals surface area contributed by atoms with Crippen LogP contribution in [-0.4, -0.2) is 12.0 Å². The van der Waals surface area contributed by atoms with Gasteiger partial charge in [0.25, 0.3) is 0 Å². The van der Waals surface area contributed by atoms with Crippen molar-refractivity contribution in [3.63, 3.8) is 0 Å². The molecule has 0 amide bonds. The molecule has 2 N–H and O–H groups in total. The highest BCUT2D eigenvalue weighted by Crippen LogP contribution is 2.27. The summed E-state index contributed by atoms with van der Waals surface area (Å²) < 4.78 is 19.0. The average Bonchev–Trinajstić information content (AvgIpc) is 2.82. The monoisotopic (exact) mass is 272 g/mol. The first-order valence-electron chi connectivity index (χ1n) is 6.58. The smallest absolute Gasteiger partial charge is 0.131 e. The van der Waals surface area contributed by atoms with E-state index in [0.717, 1.165) is 18.8 Å². The van der Waals surface area contributed by atoms with Crippen molar-refractivity contribution in [2.45, 2.75) is 19.6 Å². The Kier molecular flexibility index (Phi) is 3.32. The molecule has 0 unspecified atom stereocenters. The molecule has 0 radical (unpaired) electrons. The van der Waals surface area contributed by atoms with Gasteiger partial charge in [0.1, 0.15) is 11.6 Å². The molecule has 0 spiro atoms. The summed E-state index contributed by atoms with van der Waals surface area (Å²) >= 11 is 0. The molecule has 104 valence electrons. The molecule has 2 aromatic carbocycles. The van der Waals surface area contributed by atoms with Gasteiger partial charge in [0.2, 0.25) is 0 Å². The topological polar surface area (TPSA) is 38.5 Å². The first-order valence-corrected chi connectivity index (χ1v) is 6.58. The molecule has 0 saturated heterocycles. The summed E-state index contributed by atoms with van der Waals surface area (Å²) in [5.74, 6) is 0.323. The lowest BCUT2D eigenvalue weighted by molar-refractivity contribution is 0.271. The van der Waals surface area contributed by atoms with E-state index in [0.29, 0.717) is 17.9 Å². The van der Waals surface area contributed by atoms with Gasteiger partial charge in [-0.3, -0.25) is 4.90 Å². The summed E-state index contributed by atoms with van der Waals surface area (Å²) in [7, 11) is 1.54. The first-order chi connectivity index (χ1) is 9.65. The minimum atomic E-state index is -0.222. The van der Waals surface area contributed by atoms with Crippen molar-refractivity contribution in [1.82, 2.24) is 4.90 Å². The zero-order valence-corrected chi connectivity index (χ0v) is 11.4. The van der Waals surface area contributed by atoms with Crippen molar-refractivity contribution in [3.05, 3.63) is 58.9 Å². The Labute approximate surface area is 117 Å². The molecule has 0 fully saturated rings. The van der Waals surface area contributed by atoms with Crippen molar-refractivity contribution in [3.8, 4) is 5.75 Å². The van der Waals surface area contributed by atoms with Crippen molar-refractivity contribution < 1.29 is 9.13 Å². The summed E-state index contributed by atoms with van der Waals surface area (Å²) in [4.78, 5) is 2.20. The van der Waals surface area contributed by atoms with Crippen LogP contribution in [0.15, 0.2) is 36.4 Å². The van der Waals surface area contributed by atoms with Crippen LogP contribution in [-0.2, 0) is 19.6 Å². The zero-order valence-electron chi connectivity index (χ0n) is 11.4. The lowest BCUT2D eigenvalue weighted by atomic mass is 10.1. The number of anilines is 1. The maximum atomic E-state index is 14.0. The number of ether oxygens (including phenoxy) is 1. The molecule has 3 nitrogen and oxygen atoms in total. The normalized spacial score (nSPS) is 14.3. The number of methoxy groups -OCH3 is 1. The molecule has 4 heteroatoms. The second-order valence-electron chi connectivity index (χ2n) is 5.13. The van der Waals surface area contributed by atoms with Crippen LogP contribution in [0.3, 0.4) is 0 Å². The predicted molar refractivity (Wildman–Crippen MR) is 76.8 cm³/mol. The number of rotatable bonds is 3. The molecule has 0 aliphatic carbocycles. The fourth-order valence-corrected chi connectivity index (χ4v) is 2.62. The number of nitrogens with zero attached hydrogens (tertiary/aromatic N) is 1. The minimum Gasteiger partial charge on any atom is -0.497 e. The Balaban J connectivity index is 1.74. The Morgan fingerprint density at radius 1 is 1.15 bits per heavy atom. The Morgan fingerprint density at radius 3 is 2.70 bits per heavy atom. The van der Waals surface area contributed by atoms with E-state index in [-0.39, 0.29) is 5.82 Å². The predicted octanol–water partition coefficient (Wildman–Crippen LogP) is 2.93. The second-order valence-corrected chi connectivity index (χ2v) is 5.13. The molecule has 0 saturated carbocycles. The van der Waals surface area contributed by atoms with Crippen LogP contribution in [0, 0.1) is 5.82 Å². The summed E-state index contributed by atoms with van der Waals surface area (Å²) in [5, 5.41) is 0. The molecule has 1 heterocycles. The maximum absolute atomic E-state index is 14.0. The van der Waals surface area contributed by atoms with Gasteiger partial charge in [-0.15, -0.1) is 0 Å².